The number of para-hydroxylation sites is 2. The summed E-state index contributed by atoms with van der Waals surface area (Å²) in [5, 5.41) is 22.0. The third-order valence-corrected chi connectivity index (χ3v) is 10.7. The Balaban J connectivity index is 1.08. The van der Waals surface area contributed by atoms with E-state index in [1.54, 1.807) is 23.1 Å². The van der Waals surface area contributed by atoms with Crippen LogP contribution in [0.3, 0.4) is 0 Å². The van der Waals surface area contributed by atoms with E-state index in [4.69, 9.17) is 9.47 Å². The standard InChI is InChI=1S/C38H35N5O4S2/c1-23-34(22-48-38-43-42-24(2)49-38)46-37(47-35(23)27-13-11-25(21-44)12-14-27)28-17-15-26(16-18-28)30-8-4-3-7-29(30)19-40-36(45)33-20-39-31-9-5-6-10-32(31)41-33/h3-18,20,23,34-35,37,44H,19,21-22H2,1-2H3,(H,40,45). The van der Waals surface area contributed by atoms with Crippen LogP contribution < -0.4 is 5.32 Å². The number of thioether (sulfide) groups is 1. The number of carbonyl (C=O) groups excluding carboxylic acids is 1. The number of nitrogens with one attached hydrogen (secondary N) is 1. The van der Waals surface area contributed by atoms with Gasteiger partial charge >= 0.3 is 0 Å². The SMILES string of the molecule is Cc1nnc(SCC2OC(c3ccc(-c4ccccc4CNC(=O)c4cnc5ccccc5n4)cc3)OC(c3ccc(CO)cc3)C2C)s1. The normalized spacial score (nSPS) is 19.2. The molecule has 3 heterocycles. The summed E-state index contributed by atoms with van der Waals surface area (Å²) in [4.78, 5) is 21.9. The molecule has 4 aromatic carbocycles. The Hall–Kier alpha value is -4.52. The third-order valence-electron chi connectivity index (χ3n) is 8.63. The molecule has 4 unspecified atom stereocenters. The Morgan fingerprint density at radius 3 is 2.39 bits per heavy atom. The fraction of sp³-hybridized carbons (Fsp3) is 0.237. The van der Waals surface area contributed by atoms with Crippen molar-refractivity contribution in [2.45, 2.75) is 49.8 Å². The van der Waals surface area contributed by atoms with Crippen molar-refractivity contribution in [3.05, 3.63) is 136 Å². The van der Waals surface area contributed by atoms with Gasteiger partial charge in [-0.1, -0.05) is 115 Å². The molecule has 0 spiro atoms. The lowest BCUT2D eigenvalue weighted by Crippen LogP contribution is -2.38. The zero-order valence-electron chi connectivity index (χ0n) is 27.0. The van der Waals surface area contributed by atoms with E-state index in [0.717, 1.165) is 48.2 Å². The molecule has 1 aliphatic rings. The van der Waals surface area contributed by atoms with E-state index < -0.39 is 6.29 Å². The Labute approximate surface area is 292 Å². The predicted molar refractivity (Wildman–Crippen MR) is 191 cm³/mol. The van der Waals surface area contributed by atoms with E-state index in [1.165, 1.54) is 6.20 Å². The molecule has 9 nitrogen and oxygen atoms in total. The second-order valence-corrected chi connectivity index (χ2v) is 14.4. The van der Waals surface area contributed by atoms with Crippen LogP contribution in [0, 0.1) is 12.8 Å². The maximum atomic E-state index is 13.0. The molecule has 49 heavy (non-hydrogen) atoms. The molecule has 2 N–H and O–H groups in total. The van der Waals surface area contributed by atoms with Crippen molar-refractivity contribution in [2.24, 2.45) is 5.92 Å². The minimum atomic E-state index is -0.577. The highest BCUT2D eigenvalue weighted by Gasteiger charge is 2.38. The minimum absolute atomic E-state index is 0.00535. The number of aliphatic hydroxyl groups excluding tert-OH is 1. The first-order valence-corrected chi connectivity index (χ1v) is 17.9. The summed E-state index contributed by atoms with van der Waals surface area (Å²) < 4.78 is 14.2. The van der Waals surface area contributed by atoms with E-state index in [9.17, 15) is 9.90 Å². The molecule has 0 aliphatic carbocycles. The van der Waals surface area contributed by atoms with E-state index in [2.05, 4.69) is 50.6 Å². The van der Waals surface area contributed by atoms with E-state index in [1.807, 2.05) is 85.8 Å². The zero-order chi connectivity index (χ0) is 33.7. The van der Waals surface area contributed by atoms with Gasteiger partial charge in [-0.05, 0) is 46.9 Å². The number of aliphatic hydroxyl groups is 1. The van der Waals surface area contributed by atoms with Gasteiger partial charge in [0, 0.05) is 23.8 Å². The van der Waals surface area contributed by atoms with Gasteiger partial charge in [0.1, 0.15) is 10.7 Å². The van der Waals surface area contributed by atoms with Gasteiger partial charge < -0.3 is 19.9 Å². The molecule has 248 valence electrons. The number of aryl methyl sites for hydroxylation is 1. The van der Waals surface area contributed by atoms with E-state index >= 15 is 0 Å². The van der Waals surface area contributed by atoms with Crippen molar-refractivity contribution in [3.8, 4) is 11.1 Å². The second kappa shape index (κ2) is 14.9. The summed E-state index contributed by atoms with van der Waals surface area (Å²) in [5.74, 6) is 0.501. The molecule has 1 saturated heterocycles. The number of aromatic nitrogens is 4. The molecule has 0 bridgehead atoms. The molecular formula is C38H35N5O4S2. The number of nitrogens with zero attached hydrogens (tertiary/aromatic N) is 4. The number of hydrogen-bond acceptors (Lipinski definition) is 10. The number of benzene rings is 4. The van der Waals surface area contributed by atoms with Crippen molar-refractivity contribution < 1.29 is 19.4 Å². The highest BCUT2D eigenvalue weighted by atomic mass is 32.2. The van der Waals surface area contributed by atoms with E-state index in [-0.39, 0.29) is 36.3 Å². The maximum absolute atomic E-state index is 13.0. The second-order valence-electron chi connectivity index (χ2n) is 11.9. The first-order valence-electron chi connectivity index (χ1n) is 16.1. The van der Waals surface area contributed by atoms with Crippen molar-refractivity contribution in [2.75, 3.05) is 5.75 Å². The van der Waals surface area contributed by atoms with Gasteiger partial charge in [0.2, 0.25) is 0 Å². The summed E-state index contributed by atoms with van der Waals surface area (Å²) in [7, 11) is 0. The predicted octanol–water partition coefficient (Wildman–Crippen LogP) is 7.46. The molecule has 4 atom stereocenters. The van der Waals surface area contributed by atoms with Crippen LogP contribution in [0.15, 0.2) is 108 Å². The highest BCUT2D eigenvalue weighted by molar-refractivity contribution is 8.01. The molecule has 0 saturated carbocycles. The number of hydrogen-bond donors (Lipinski definition) is 2. The molecule has 6 aromatic rings. The van der Waals surface area contributed by atoms with Crippen LogP contribution >= 0.6 is 23.1 Å². The number of fused-ring (bicyclic) bond motifs is 1. The van der Waals surface area contributed by atoms with Crippen LogP contribution in [0.1, 0.15) is 57.1 Å². The van der Waals surface area contributed by atoms with E-state index in [0.29, 0.717) is 17.8 Å². The number of carbonyl (C=O) groups is 1. The summed E-state index contributed by atoms with van der Waals surface area (Å²) in [5.41, 5.74) is 7.52. The number of amides is 1. The fourth-order valence-corrected chi connectivity index (χ4v) is 7.91. The molecule has 11 heteroatoms. The largest absolute Gasteiger partial charge is 0.392 e. The van der Waals surface area contributed by atoms with Crippen LogP contribution in [-0.4, -0.2) is 43.0 Å². The zero-order valence-corrected chi connectivity index (χ0v) is 28.7. The van der Waals surface area contributed by atoms with Gasteiger partial charge in [0.25, 0.3) is 5.91 Å². The van der Waals surface area contributed by atoms with Crippen LogP contribution in [-0.2, 0) is 22.6 Å². The lowest BCUT2D eigenvalue weighted by Gasteiger charge is -2.41. The van der Waals surface area contributed by atoms with Crippen molar-refractivity contribution in [1.82, 2.24) is 25.5 Å². The molecule has 0 radical (unpaired) electrons. The van der Waals surface area contributed by atoms with Crippen molar-refractivity contribution in [3.63, 3.8) is 0 Å². The Bertz CT molecular complexity index is 2050. The fourth-order valence-electron chi connectivity index (χ4n) is 5.91. The molecule has 1 aliphatic heterocycles. The van der Waals surface area contributed by atoms with Crippen LogP contribution in [0.4, 0.5) is 0 Å². The van der Waals surface area contributed by atoms with Gasteiger partial charge in [-0.3, -0.25) is 9.78 Å². The van der Waals surface area contributed by atoms with Gasteiger partial charge in [0.05, 0.1) is 36.0 Å². The Kier molecular flexibility index (Phi) is 10.1. The van der Waals surface area contributed by atoms with Crippen LogP contribution in [0.25, 0.3) is 22.2 Å². The quantitative estimate of drug-likeness (QED) is 0.141. The smallest absolute Gasteiger partial charge is 0.271 e. The lowest BCUT2D eigenvalue weighted by atomic mass is 9.91. The average Bonchev–Trinajstić information content (AvgIpc) is 3.58. The number of rotatable bonds is 10. The topological polar surface area (TPSA) is 119 Å². The maximum Gasteiger partial charge on any atom is 0.271 e. The molecule has 7 rings (SSSR count). The first-order chi connectivity index (χ1) is 23.9. The van der Waals surface area contributed by atoms with Gasteiger partial charge in [-0.2, -0.15) is 0 Å². The summed E-state index contributed by atoms with van der Waals surface area (Å²) >= 11 is 3.23. The summed E-state index contributed by atoms with van der Waals surface area (Å²) in [6.07, 6.45) is 0.622. The molecular weight excluding hydrogens is 655 g/mol. The van der Waals surface area contributed by atoms with Crippen molar-refractivity contribution >= 4 is 40.0 Å². The van der Waals surface area contributed by atoms with Crippen LogP contribution in [0.5, 0.6) is 0 Å². The lowest BCUT2D eigenvalue weighted by molar-refractivity contribution is -0.268. The first kappa shape index (κ1) is 33.0. The average molecular weight is 690 g/mol. The van der Waals surface area contributed by atoms with Gasteiger partial charge in [-0.15, -0.1) is 10.2 Å². The van der Waals surface area contributed by atoms with Gasteiger partial charge in [0.15, 0.2) is 10.6 Å². The summed E-state index contributed by atoms with van der Waals surface area (Å²) in [6.45, 7) is 4.44. The van der Waals surface area contributed by atoms with Crippen molar-refractivity contribution in [1.29, 1.82) is 0 Å². The molecule has 2 aromatic heterocycles. The third kappa shape index (κ3) is 7.56. The highest BCUT2D eigenvalue weighted by Crippen LogP contribution is 2.43. The molecule has 1 amide bonds. The van der Waals surface area contributed by atoms with Gasteiger partial charge in [-0.25, -0.2) is 4.98 Å². The molecule has 1 fully saturated rings. The number of ether oxygens (including phenoxy) is 2. The minimum Gasteiger partial charge on any atom is -0.392 e. The Morgan fingerprint density at radius 1 is 0.898 bits per heavy atom. The monoisotopic (exact) mass is 689 g/mol. The Morgan fingerprint density at radius 2 is 1.63 bits per heavy atom. The summed E-state index contributed by atoms with van der Waals surface area (Å²) in [6, 6.07) is 31.7. The van der Waals surface area contributed by atoms with Crippen LogP contribution in [0.2, 0.25) is 0 Å².